The fourth-order valence-electron chi connectivity index (χ4n) is 3.46. The molecule has 6 nitrogen and oxygen atoms in total. The van der Waals surface area contributed by atoms with Crippen LogP contribution in [0.25, 0.3) is 10.8 Å². The minimum atomic E-state index is -0.137. The molecule has 0 aliphatic rings. The zero-order chi connectivity index (χ0) is 24.1. The molecule has 1 heterocycles. The molecule has 0 unspecified atom stereocenters. The second-order valence-electron chi connectivity index (χ2n) is 7.46. The number of allylic oxidation sites excluding steroid dienone is 1. The number of halogens is 2. The van der Waals surface area contributed by atoms with Crippen molar-refractivity contribution >= 4 is 66.0 Å². The van der Waals surface area contributed by atoms with Crippen LogP contribution in [-0.4, -0.2) is 26.4 Å². The highest BCUT2D eigenvalue weighted by Crippen LogP contribution is 2.29. The summed E-state index contributed by atoms with van der Waals surface area (Å²) in [4.78, 5) is 12.5. The van der Waals surface area contributed by atoms with Gasteiger partial charge in [0, 0.05) is 15.5 Å². The second-order valence-corrected chi connectivity index (χ2v) is 10.2. The van der Waals surface area contributed by atoms with Gasteiger partial charge >= 0.3 is 0 Å². The Morgan fingerprint density at radius 3 is 2.82 bits per heavy atom. The van der Waals surface area contributed by atoms with E-state index in [2.05, 4.69) is 79.1 Å². The van der Waals surface area contributed by atoms with Crippen LogP contribution >= 0.6 is 43.6 Å². The van der Waals surface area contributed by atoms with Crippen LogP contribution in [0.5, 0.6) is 5.75 Å². The van der Waals surface area contributed by atoms with Gasteiger partial charge in [0.25, 0.3) is 0 Å². The van der Waals surface area contributed by atoms with Crippen LogP contribution < -0.4 is 10.1 Å². The number of amides is 1. The highest BCUT2D eigenvalue weighted by atomic mass is 79.9. The van der Waals surface area contributed by atoms with Crippen molar-refractivity contribution in [2.45, 2.75) is 25.2 Å². The van der Waals surface area contributed by atoms with Gasteiger partial charge in [0.05, 0.1) is 11.4 Å². The lowest BCUT2D eigenvalue weighted by molar-refractivity contribution is -0.113. The van der Waals surface area contributed by atoms with Crippen molar-refractivity contribution in [3.63, 3.8) is 0 Å². The SMILES string of the molecule is C=CCn1c(COc2ccc3ccccc3c2C)nnc1SCC(=O)Nc1cc(Br)ccc1Br. The van der Waals surface area contributed by atoms with Crippen molar-refractivity contribution in [3.8, 4) is 5.75 Å². The molecular weight excluding hydrogens is 580 g/mol. The molecule has 0 spiro atoms. The van der Waals surface area contributed by atoms with Crippen molar-refractivity contribution in [3.05, 3.63) is 87.6 Å². The van der Waals surface area contributed by atoms with Gasteiger partial charge in [0.2, 0.25) is 5.91 Å². The van der Waals surface area contributed by atoms with Crippen LogP contribution in [-0.2, 0) is 17.9 Å². The van der Waals surface area contributed by atoms with Gasteiger partial charge in [0.15, 0.2) is 11.0 Å². The second kappa shape index (κ2) is 11.2. The van der Waals surface area contributed by atoms with Crippen LogP contribution in [0.15, 0.2) is 81.4 Å². The molecule has 9 heteroatoms. The summed E-state index contributed by atoms with van der Waals surface area (Å²) in [7, 11) is 0. The Morgan fingerprint density at radius 2 is 2.00 bits per heavy atom. The highest BCUT2D eigenvalue weighted by molar-refractivity contribution is 9.11. The third kappa shape index (κ3) is 5.71. The molecule has 0 saturated heterocycles. The summed E-state index contributed by atoms with van der Waals surface area (Å²) in [5, 5.41) is 14.5. The van der Waals surface area contributed by atoms with Gasteiger partial charge in [-0.3, -0.25) is 9.36 Å². The monoisotopic (exact) mass is 600 g/mol. The van der Waals surface area contributed by atoms with Crippen LogP contribution in [0, 0.1) is 6.92 Å². The molecule has 1 amide bonds. The molecule has 3 aromatic carbocycles. The summed E-state index contributed by atoms with van der Waals surface area (Å²) in [6.45, 7) is 6.67. The average Bonchev–Trinajstić information content (AvgIpc) is 3.21. The highest BCUT2D eigenvalue weighted by Gasteiger charge is 2.15. The van der Waals surface area contributed by atoms with Crippen molar-refractivity contribution in [1.29, 1.82) is 0 Å². The summed E-state index contributed by atoms with van der Waals surface area (Å²) >= 11 is 8.19. The molecule has 0 aliphatic carbocycles. The first-order valence-electron chi connectivity index (χ1n) is 10.5. The molecule has 0 fully saturated rings. The normalized spacial score (nSPS) is 10.9. The molecule has 1 aromatic heterocycles. The van der Waals surface area contributed by atoms with E-state index in [-0.39, 0.29) is 18.3 Å². The summed E-state index contributed by atoms with van der Waals surface area (Å²) < 4.78 is 9.71. The number of rotatable bonds is 9. The number of carbonyl (C=O) groups is 1. The fraction of sp³-hybridized carbons (Fsp3) is 0.160. The summed E-state index contributed by atoms with van der Waals surface area (Å²) in [6.07, 6.45) is 1.77. The van der Waals surface area contributed by atoms with E-state index in [1.807, 2.05) is 41.0 Å². The van der Waals surface area contributed by atoms with Gasteiger partial charge < -0.3 is 10.1 Å². The number of aromatic nitrogens is 3. The Balaban J connectivity index is 1.43. The fourth-order valence-corrected chi connectivity index (χ4v) is 4.93. The van der Waals surface area contributed by atoms with Gasteiger partial charge in [0.1, 0.15) is 12.4 Å². The summed E-state index contributed by atoms with van der Waals surface area (Å²) in [5.74, 6) is 1.53. The third-order valence-electron chi connectivity index (χ3n) is 5.15. The molecular formula is C25H22Br2N4O2S. The van der Waals surface area contributed by atoms with Crippen molar-refractivity contribution in [1.82, 2.24) is 14.8 Å². The molecule has 0 radical (unpaired) electrons. The van der Waals surface area contributed by atoms with E-state index in [0.717, 1.165) is 25.6 Å². The smallest absolute Gasteiger partial charge is 0.234 e. The summed E-state index contributed by atoms with van der Waals surface area (Å²) in [6, 6.07) is 17.9. The Hall–Kier alpha value is -2.62. The zero-order valence-electron chi connectivity index (χ0n) is 18.4. The van der Waals surface area contributed by atoms with Crippen molar-refractivity contribution < 1.29 is 9.53 Å². The van der Waals surface area contributed by atoms with Crippen LogP contribution in [0.1, 0.15) is 11.4 Å². The maximum Gasteiger partial charge on any atom is 0.234 e. The number of carbonyl (C=O) groups excluding carboxylic acids is 1. The van der Waals surface area contributed by atoms with E-state index in [4.69, 9.17) is 4.74 Å². The van der Waals surface area contributed by atoms with Crippen molar-refractivity contribution in [2.24, 2.45) is 0 Å². The lowest BCUT2D eigenvalue weighted by Gasteiger charge is -2.12. The minimum Gasteiger partial charge on any atom is -0.485 e. The Kier molecular flexibility index (Phi) is 8.07. The molecule has 4 rings (SSSR count). The van der Waals surface area contributed by atoms with E-state index in [1.165, 1.54) is 17.1 Å². The quantitative estimate of drug-likeness (QED) is 0.169. The average molecular weight is 602 g/mol. The van der Waals surface area contributed by atoms with E-state index < -0.39 is 0 Å². The first kappa shape index (κ1) is 24.5. The number of thioether (sulfide) groups is 1. The Labute approximate surface area is 219 Å². The number of ether oxygens (including phenoxy) is 1. The van der Waals surface area contributed by atoms with E-state index in [0.29, 0.717) is 23.2 Å². The molecule has 4 aromatic rings. The van der Waals surface area contributed by atoms with Gasteiger partial charge in [-0.05, 0) is 63.5 Å². The molecule has 0 saturated carbocycles. The number of hydrogen-bond donors (Lipinski definition) is 1. The van der Waals surface area contributed by atoms with Gasteiger partial charge in [-0.2, -0.15) is 0 Å². The molecule has 34 heavy (non-hydrogen) atoms. The molecule has 0 atom stereocenters. The van der Waals surface area contributed by atoms with Crippen LogP contribution in [0.4, 0.5) is 5.69 Å². The maximum absolute atomic E-state index is 12.5. The number of aryl methyl sites for hydroxylation is 1. The lowest BCUT2D eigenvalue weighted by Crippen LogP contribution is -2.15. The first-order chi connectivity index (χ1) is 16.5. The number of nitrogens with one attached hydrogen (secondary N) is 1. The van der Waals surface area contributed by atoms with Gasteiger partial charge in [-0.25, -0.2) is 0 Å². The number of nitrogens with zero attached hydrogens (tertiary/aromatic N) is 3. The summed E-state index contributed by atoms with van der Waals surface area (Å²) in [5.41, 5.74) is 1.78. The number of benzene rings is 3. The maximum atomic E-state index is 12.5. The predicted octanol–water partition coefficient (Wildman–Crippen LogP) is 6.76. The van der Waals surface area contributed by atoms with E-state index in [1.54, 1.807) is 6.08 Å². The third-order valence-corrected chi connectivity index (χ3v) is 7.30. The predicted molar refractivity (Wildman–Crippen MR) is 144 cm³/mol. The number of fused-ring (bicyclic) bond motifs is 1. The molecule has 0 aliphatic heterocycles. The molecule has 0 bridgehead atoms. The zero-order valence-corrected chi connectivity index (χ0v) is 22.4. The molecule has 174 valence electrons. The molecule has 1 N–H and O–H groups in total. The van der Waals surface area contributed by atoms with Crippen LogP contribution in [0.2, 0.25) is 0 Å². The minimum absolute atomic E-state index is 0.137. The number of anilines is 1. The van der Waals surface area contributed by atoms with E-state index in [9.17, 15) is 4.79 Å². The van der Waals surface area contributed by atoms with Gasteiger partial charge in [-0.15, -0.1) is 16.8 Å². The van der Waals surface area contributed by atoms with E-state index >= 15 is 0 Å². The first-order valence-corrected chi connectivity index (χ1v) is 13.0. The standard InChI is InChI=1S/C25H22Br2N4O2S/c1-3-12-31-23(14-33-22-11-8-17-6-4-5-7-19(17)16(22)2)29-30-25(31)34-15-24(32)28-21-13-18(26)9-10-20(21)27/h3-11,13H,1,12,14-15H2,2H3,(H,28,32). The van der Waals surface area contributed by atoms with Gasteiger partial charge in [-0.1, -0.05) is 64.1 Å². The van der Waals surface area contributed by atoms with Crippen LogP contribution in [0.3, 0.4) is 0 Å². The topological polar surface area (TPSA) is 69.0 Å². The van der Waals surface area contributed by atoms with Crippen molar-refractivity contribution in [2.75, 3.05) is 11.1 Å². The Bertz CT molecular complexity index is 1360. The Morgan fingerprint density at radius 1 is 1.18 bits per heavy atom. The lowest BCUT2D eigenvalue weighted by atomic mass is 10.0. The number of hydrogen-bond acceptors (Lipinski definition) is 5. The largest absolute Gasteiger partial charge is 0.485 e.